The number of amides is 1. The van der Waals surface area contributed by atoms with Crippen LogP contribution in [0.15, 0.2) is 53.4 Å². The lowest BCUT2D eigenvalue weighted by atomic mass is 10.1. The first kappa shape index (κ1) is 21.4. The maximum absolute atomic E-state index is 13.3. The van der Waals surface area contributed by atoms with Gasteiger partial charge in [0.1, 0.15) is 5.82 Å². The van der Waals surface area contributed by atoms with Gasteiger partial charge in [-0.05, 0) is 55.7 Å². The molecular formula is C21H26FN3O3S. The van der Waals surface area contributed by atoms with Crippen LogP contribution in [0.4, 0.5) is 10.1 Å². The third-order valence-electron chi connectivity index (χ3n) is 4.99. The lowest BCUT2D eigenvalue weighted by Gasteiger charge is -2.26. The zero-order valence-electron chi connectivity index (χ0n) is 16.4. The smallest absolute Gasteiger partial charge is 0.243 e. The van der Waals surface area contributed by atoms with Crippen LogP contribution in [0.1, 0.15) is 37.8 Å². The fourth-order valence-electron chi connectivity index (χ4n) is 3.33. The van der Waals surface area contributed by atoms with E-state index >= 15 is 0 Å². The van der Waals surface area contributed by atoms with Gasteiger partial charge in [-0.15, -0.1) is 0 Å². The summed E-state index contributed by atoms with van der Waals surface area (Å²) in [4.78, 5) is 12.4. The van der Waals surface area contributed by atoms with Crippen LogP contribution in [-0.2, 0) is 14.8 Å². The van der Waals surface area contributed by atoms with E-state index in [1.807, 2.05) is 6.92 Å². The third kappa shape index (κ3) is 5.62. The molecule has 1 saturated heterocycles. The molecule has 2 aromatic carbocycles. The lowest BCUT2D eigenvalue weighted by molar-refractivity contribution is -0.115. The highest BCUT2D eigenvalue weighted by Gasteiger charge is 2.26. The summed E-state index contributed by atoms with van der Waals surface area (Å²) in [6.45, 7) is 2.91. The van der Waals surface area contributed by atoms with Gasteiger partial charge in [0.25, 0.3) is 0 Å². The number of halogens is 1. The zero-order valence-corrected chi connectivity index (χ0v) is 17.2. The van der Waals surface area contributed by atoms with Crippen LogP contribution in [0, 0.1) is 5.82 Å². The second-order valence-electron chi connectivity index (χ2n) is 7.20. The molecule has 6 nitrogen and oxygen atoms in total. The molecule has 1 heterocycles. The van der Waals surface area contributed by atoms with E-state index in [0.717, 1.165) is 24.8 Å². The third-order valence-corrected chi connectivity index (χ3v) is 6.88. The van der Waals surface area contributed by atoms with Gasteiger partial charge in [0.15, 0.2) is 0 Å². The van der Waals surface area contributed by atoms with E-state index in [9.17, 15) is 17.6 Å². The molecule has 156 valence electrons. The van der Waals surface area contributed by atoms with Crippen LogP contribution >= 0.6 is 0 Å². The molecule has 8 heteroatoms. The standard InChI is InChI=1S/C21H26FN3O3S/c1-16(17-7-5-8-18(22)13-17)23-15-21(26)24-19-9-6-10-20(14-19)29(27,28)25-11-3-2-4-12-25/h5-10,13-14,16,23H,2-4,11-12,15H2,1H3,(H,24,26)/t16-/m0/s1. The Hall–Kier alpha value is -2.29. The van der Waals surface area contributed by atoms with Crippen LogP contribution < -0.4 is 10.6 Å². The molecule has 1 aliphatic rings. The van der Waals surface area contributed by atoms with Gasteiger partial charge in [-0.2, -0.15) is 4.31 Å². The summed E-state index contributed by atoms with van der Waals surface area (Å²) in [6.07, 6.45) is 2.78. The predicted octanol–water partition coefficient (Wildman–Crippen LogP) is 3.29. The summed E-state index contributed by atoms with van der Waals surface area (Å²) in [7, 11) is -3.56. The molecule has 0 aromatic heterocycles. The Balaban J connectivity index is 1.60. The molecule has 3 rings (SSSR count). The quantitative estimate of drug-likeness (QED) is 0.722. The number of hydrogen-bond acceptors (Lipinski definition) is 4. The predicted molar refractivity (Wildman–Crippen MR) is 110 cm³/mol. The maximum atomic E-state index is 13.3. The van der Waals surface area contributed by atoms with Crippen LogP contribution in [-0.4, -0.2) is 38.3 Å². The SMILES string of the molecule is C[C@H](NCC(=O)Nc1cccc(S(=O)(=O)N2CCCCC2)c1)c1cccc(F)c1. The van der Waals surface area contributed by atoms with Crippen LogP contribution in [0.25, 0.3) is 0 Å². The number of carbonyl (C=O) groups excluding carboxylic acids is 1. The number of rotatable bonds is 7. The minimum atomic E-state index is -3.56. The summed E-state index contributed by atoms with van der Waals surface area (Å²) < 4.78 is 40.4. The molecule has 0 aliphatic carbocycles. The first-order valence-corrected chi connectivity index (χ1v) is 11.2. The average Bonchev–Trinajstić information content (AvgIpc) is 2.73. The van der Waals surface area contributed by atoms with Gasteiger partial charge >= 0.3 is 0 Å². The number of piperidine rings is 1. The molecule has 1 amide bonds. The molecule has 0 unspecified atom stereocenters. The van der Waals surface area contributed by atoms with E-state index in [2.05, 4.69) is 10.6 Å². The first-order valence-electron chi connectivity index (χ1n) is 9.75. The van der Waals surface area contributed by atoms with Crippen molar-refractivity contribution in [3.05, 3.63) is 59.9 Å². The largest absolute Gasteiger partial charge is 0.325 e. The summed E-state index contributed by atoms with van der Waals surface area (Å²) in [5, 5.41) is 5.75. The van der Waals surface area contributed by atoms with Crippen molar-refractivity contribution in [1.29, 1.82) is 0 Å². The van der Waals surface area contributed by atoms with Gasteiger partial charge in [-0.1, -0.05) is 24.6 Å². The summed E-state index contributed by atoms with van der Waals surface area (Å²) in [6, 6.07) is 12.3. The van der Waals surface area contributed by atoms with Crippen molar-refractivity contribution >= 4 is 21.6 Å². The second kappa shape index (κ2) is 9.47. The number of benzene rings is 2. The van der Waals surface area contributed by atoms with Crippen LogP contribution in [0.2, 0.25) is 0 Å². The Morgan fingerprint density at radius 2 is 1.83 bits per heavy atom. The number of anilines is 1. The first-order chi connectivity index (χ1) is 13.9. The minimum Gasteiger partial charge on any atom is -0.325 e. The molecule has 0 radical (unpaired) electrons. The zero-order chi connectivity index (χ0) is 20.9. The Morgan fingerprint density at radius 1 is 1.10 bits per heavy atom. The van der Waals surface area contributed by atoms with Crippen molar-refractivity contribution in [1.82, 2.24) is 9.62 Å². The molecule has 29 heavy (non-hydrogen) atoms. The second-order valence-corrected chi connectivity index (χ2v) is 9.14. The minimum absolute atomic E-state index is 0.0147. The van der Waals surface area contributed by atoms with Crippen LogP contribution in [0.5, 0.6) is 0 Å². The Bertz CT molecular complexity index is 959. The molecule has 2 N–H and O–H groups in total. The summed E-state index contributed by atoms with van der Waals surface area (Å²) >= 11 is 0. The van der Waals surface area contributed by atoms with E-state index < -0.39 is 10.0 Å². The van der Waals surface area contributed by atoms with Gasteiger partial charge in [0, 0.05) is 24.8 Å². The molecule has 1 aliphatic heterocycles. The fraction of sp³-hybridized carbons (Fsp3) is 0.381. The monoisotopic (exact) mass is 419 g/mol. The van der Waals surface area contributed by atoms with Gasteiger partial charge in [0.05, 0.1) is 11.4 Å². The number of carbonyl (C=O) groups is 1. The molecule has 1 fully saturated rings. The lowest BCUT2D eigenvalue weighted by Crippen LogP contribution is -2.35. The molecule has 0 saturated carbocycles. The summed E-state index contributed by atoms with van der Waals surface area (Å²) in [5.41, 5.74) is 1.17. The molecule has 2 aromatic rings. The maximum Gasteiger partial charge on any atom is 0.243 e. The van der Waals surface area contributed by atoms with Crippen molar-refractivity contribution in [2.75, 3.05) is 25.0 Å². The number of hydrogen-bond donors (Lipinski definition) is 2. The van der Waals surface area contributed by atoms with E-state index in [1.54, 1.807) is 30.3 Å². The number of nitrogens with one attached hydrogen (secondary N) is 2. The average molecular weight is 420 g/mol. The van der Waals surface area contributed by atoms with Gasteiger partial charge in [-0.25, -0.2) is 12.8 Å². The van der Waals surface area contributed by atoms with Crippen molar-refractivity contribution in [2.24, 2.45) is 0 Å². The van der Waals surface area contributed by atoms with E-state index in [0.29, 0.717) is 18.8 Å². The van der Waals surface area contributed by atoms with E-state index in [4.69, 9.17) is 0 Å². The number of sulfonamides is 1. The normalized spacial score (nSPS) is 16.3. The molecular weight excluding hydrogens is 393 g/mol. The fourth-order valence-corrected chi connectivity index (χ4v) is 4.90. The Kier molecular flexibility index (Phi) is 7.00. The Labute approximate surface area is 171 Å². The van der Waals surface area contributed by atoms with E-state index in [-0.39, 0.29) is 29.2 Å². The van der Waals surface area contributed by atoms with Crippen molar-refractivity contribution < 1.29 is 17.6 Å². The van der Waals surface area contributed by atoms with E-state index in [1.165, 1.54) is 22.5 Å². The van der Waals surface area contributed by atoms with Gasteiger partial charge < -0.3 is 10.6 Å². The summed E-state index contributed by atoms with van der Waals surface area (Å²) in [5.74, 6) is -0.631. The van der Waals surface area contributed by atoms with Crippen molar-refractivity contribution in [3.8, 4) is 0 Å². The highest BCUT2D eigenvalue weighted by atomic mass is 32.2. The van der Waals surface area contributed by atoms with Gasteiger partial charge in [0.2, 0.25) is 15.9 Å². The number of nitrogens with zero attached hydrogens (tertiary/aromatic N) is 1. The topological polar surface area (TPSA) is 78.5 Å². The molecule has 1 atom stereocenters. The van der Waals surface area contributed by atoms with Crippen LogP contribution in [0.3, 0.4) is 0 Å². The highest BCUT2D eigenvalue weighted by Crippen LogP contribution is 2.23. The van der Waals surface area contributed by atoms with Gasteiger partial charge in [-0.3, -0.25) is 4.79 Å². The van der Waals surface area contributed by atoms with Crippen molar-refractivity contribution in [3.63, 3.8) is 0 Å². The molecule has 0 bridgehead atoms. The van der Waals surface area contributed by atoms with Crippen molar-refractivity contribution in [2.45, 2.75) is 37.1 Å². The molecule has 0 spiro atoms. The Morgan fingerprint density at radius 3 is 2.55 bits per heavy atom. The highest BCUT2D eigenvalue weighted by molar-refractivity contribution is 7.89.